The van der Waals surface area contributed by atoms with Crippen LogP contribution in [-0.4, -0.2) is 35.8 Å². The summed E-state index contributed by atoms with van der Waals surface area (Å²) in [5.41, 5.74) is 4.46. The summed E-state index contributed by atoms with van der Waals surface area (Å²) in [5, 5.41) is 0. The molecule has 3 rings (SSSR count). The van der Waals surface area contributed by atoms with Crippen molar-refractivity contribution >= 4 is 5.78 Å². The summed E-state index contributed by atoms with van der Waals surface area (Å²) in [6.07, 6.45) is 4.90. The number of H-pyrrole nitrogens is 1. The van der Waals surface area contributed by atoms with E-state index in [0.717, 1.165) is 43.5 Å². The smallest absolute Gasteiger partial charge is 0.169 e. The lowest BCUT2D eigenvalue weighted by molar-refractivity contribution is 0.0705. The van der Waals surface area contributed by atoms with Crippen LogP contribution in [0.1, 0.15) is 33.7 Å². The fourth-order valence-corrected chi connectivity index (χ4v) is 3.70. The second-order valence-corrected chi connectivity index (χ2v) is 6.06. The number of nitrogens with zero attached hydrogens (tertiary/aromatic N) is 1. The minimum Gasteiger partial charge on any atom is -0.361 e. The van der Waals surface area contributed by atoms with Crippen LogP contribution in [0.15, 0.2) is 12.7 Å². The van der Waals surface area contributed by atoms with Crippen molar-refractivity contribution in [2.75, 3.05) is 20.1 Å². The number of hydrogen-bond acceptors (Lipinski definition) is 2. The number of rotatable bonds is 2. The average molecular weight is 258 g/mol. The van der Waals surface area contributed by atoms with Crippen LogP contribution >= 0.6 is 0 Å². The number of ketones is 1. The van der Waals surface area contributed by atoms with Gasteiger partial charge in [-0.05, 0) is 44.8 Å². The van der Waals surface area contributed by atoms with Gasteiger partial charge >= 0.3 is 0 Å². The fraction of sp³-hybridized carbons (Fsp3) is 0.562. The number of Topliss-reactive ketones (excluding diaryl/α,β-unsaturated/α-hetero) is 1. The lowest BCUT2D eigenvalue weighted by atomic mass is 9.73. The molecule has 2 unspecified atom stereocenters. The van der Waals surface area contributed by atoms with Crippen LogP contribution in [0, 0.1) is 18.8 Å². The number of nitrogens with one attached hydrogen (secondary N) is 1. The number of aromatic amines is 1. The molecule has 2 heterocycles. The molecule has 0 radical (unpaired) electrons. The van der Waals surface area contributed by atoms with Crippen molar-refractivity contribution in [3.05, 3.63) is 35.2 Å². The highest BCUT2D eigenvalue weighted by atomic mass is 16.1. The van der Waals surface area contributed by atoms with Gasteiger partial charge in [-0.3, -0.25) is 4.79 Å². The number of fused-ring (bicyclic) bond motifs is 2. The first kappa shape index (κ1) is 12.7. The number of allylic oxidation sites excluding steroid dienone is 1. The molecule has 0 amide bonds. The third-order valence-electron chi connectivity index (χ3n) is 4.79. The highest BCUT2D eigenvalue weighted by Crippen LogP contribution is 2.37. The van der Waals surface area contributed by atoms with Crippen LogP contribution in [0.3, 0.4) is 0 Å². The Labute approximate surface area is 114 Å². The van der Waals surface area contributed by atoms with E-state index in [0.29, 0.717) is 11.7 Å². The third kappa shape index (κ3) is 1.96. The summed E-state index contributed by atoms with van der Waals surface area (Å²) in [6, 6.07) is 0. The van der Waals surface area contributed by atoms with Crippen molar-refractivity contribution in [3.63, 3.8) is 0 Å². The van der Waals surface area contributed by atoms with Gasteiger partial charge in [-0.1, -0.05) is 6.08 Å². The zero-order chi connectivity index (χ0) is 13.6. The quantitative estimate of drug-likeness (QED) is 0.827. The maximum absolute atomic E-state index is 12.8. The van der Waals surface area contributed by atoms with E-state index in [1.807, 2.05) is 6.08 Å². The Balaban J connectivity index is 1.99. The van der Waals surface area contributed by atoms with Crippen LogP contribution < -0.4 is 0 Å². The summed E-state index contributed by atoms with van der Waals surface area (Å²) < 4.78 is 0. The van der Waals surface area contributed by atoms with E-state index in [9.17, 15) is 4.79 Å². The van der Waals surface area contributed by atoms with Crippen LogP contribution in [0.25, 0.3) is 0 Å². The van der Waals surface area contributed by atoms with Crippen LogP contribution in [-0.2, 0) is 12.8 Å². The molecule has 3 heteroatoms. The van der Waals surface area contributed by atoms with Gasteiger partial charge in [0, 0.05) is 35.8 Å². The lowest BCUT2D eigenvalue weighted by Gasteiger charge is -2.38. The first-order chi connectivity index (χ1) is 9.11. The number of piperidine rings is 1. The van der Waals surface area contributed by atoms with Gasteiger partial charge in [0.1, 0.15) is 0 Å². The largest absolute Gasteiger partial charge is 0.361 e. The van der Waals surface area contributed by atoms with Gasteiger partial charge in [-0.15, -0.1) is 6.58 Å². The van der Waals surface area contributed by atoms with E-state index in [-0.39, 0.29) is 5.92 Å². The van der Waals surface area contributed by atoms with Gasteiger partial charge < -0.3 is 9.88 Å². The monoisotopic (exact) mass is 258 g/mol. The highest BCUT2D eigenvalue weighted by Gasteiger charge is 2.40. The molecule has 1 aromatic rings. The number of carbonyl (C=O) groups excluding carboxylic acids is 1. The molecule has 2 atom stereocenters. The topological polar surface area (TPSA) is 36.1 Å². The summed E-state index contributed by atoms with van der Waals surface area (Å²) in [6.45, 7) is 7.90. The molecule has 2 aliphatic rings. The Morgan fingerprint density at radius 1 is 1.53 bits per heavy atom. The molecule has 1 saturated heterocycles. The first-order valence-electron chi connectivity index (χ1n) is 7.15. The Bertz CT molecular complexity index is 529. The predicted molar refractivity (Wildman–Crippen MR) is 76.6 cm³/mol. The lowest BCUT2D eigenvalue weighted by Crippen LogP contribution is -2.45. The molecular formula is C16H22N2O. The Morgan fingerprint density at radius 3 is 3.05 bits per heavy atom. The average Bonchev–Trinajstić information content (AvgIpc) is 2.68. The van der Waals surface area contributed by atoms with Gasteiger partial charge in [0.2, 0.25) is 0 Å². The van der Waals surface area contributed by atoms with Gasteiger partial charge in [0.15, 0.2) is 5.78 Å². The Kier molecular flexibility index (Phi) is 3.09. The summed E-state index contributed by atoms with van der Waals surface area (Å²) in [4.78, 5) is 18.5. The van der Waals surface area contributed by atoms with E-state index in [2.05, 4.69) is 30.4 Å². The van der Waals surface area contributed by atoms with E-state index in [1.54, 1.807) is 0 Å². The van der Waals surface area contributed by atoms with Gasteiger partial charge in [-0.25, -0.2) is 0 Å². The summed E-state index contributed by atoms with van der Waals surface area (Å²) in [5.74, 6) is 1.10. The van der Waals surface area contributed by atoms with Crippen LogP contribution in [0.2, 0.25) is 0 Å². The second-order valence-electron chi connectivity index (χ2n) is 6.06. The van der Waals surface area contributed by atoms with Gasteiger partial charge in [0.05, 0.1) is 0 Å². The van der Waals surface area contributed by atoms with Gasteiger partial charge in [0.25, 0.3) is 0 Å². The number of carbonyl (C=O) groups is 1. The molecule has 19 heavy (non-hydrogen) atoms. The van der Waals surface area contributed by atoms with Crippen LogP contribution in [0.4, 0.5) is 0 Å². The molecule has 0 bridgehead atoms. The molecule has 1 aromatic heterocycles. The maximum atomic E-state index is 12.8. The molecular weight excluding hydrogens is 236 g/mol. The fourth-order valence-electron chi connectivity index (χ4n) is 3.70. The normalized spacial score (nSPS) is 26.9. The van der Waals surface area contributed by atoms with E-state index in [4.69, 9.17) is 0 Å². The predicted octanol–water partition coefficient (Wildman–Crippen LogP) is 2.36. The molecule has 0 aromatic carbocycles. The highest BCUT2D eigenvalue weighted by molar-refractivity contribution is 6.02. The van der Waals surface area contributed by atoms with Crippen molar-refractivity contribution in [2.45, 2.75) is 26.2 Å². The first-order valence-corrected chi connectivity index (χ1v) is 7.15. The maximum Gasteiger partial charge on any atom is 0.169 e. The standard InChI is InChI=1S/C16H22N2O/c1-4-5-13-10(2)15-14(17-13)8-11-6-7-18(3)9-12(11)16(15)19/h4,11-12,17H,1,5-9H2,2-3H3. The van der Waals surface area contributed by atoms with Crippen molar-refractivity contribution in [1.29, 1.82) is 0 Å². The molecule has 102 valence electrons. The minimum atomic E-state index is 0.206. The number of aromatic nitrogens is 1. The van der Waals surface area contributed by atoms with E-state index < -0.39 is 0 Å². The number of hydrogen-bond donors (Lipinski definition) is 1. The molecule has 0 saturated carbocycles. The molecule has 1 fully saturated rings. The SMILES string of the molecule is C=CCc1[nH]c2c(c1C)C(=O)C1CN(C)CCC1C2. The van der Waals surface area contributed by atoms with E-state index >= 15 is 0 Å². The van der Waals surface area contributed by atoms with Crippen molar-refractivity contribution in [3.8, 4) is 0 Å². The summed E-state index contributed by atoms with van der Waals surface area (Å²) >= 11 is 0. The molecule has 1 aliphatic carbocycles. The zero-order valence-electron chi connectivity index (χ0n) is 11.8. The Morgan fingerprint density at radius 2 is 2.32 bits per heavy atom. The number of likely N-dealkylation sites (tertiary alicyclic amines) is 1. The van der Waals surface area contributed by atoms with E-state index in [1.165, 1.54) is 11.4 Å². The van der Waals surface area contributed by atoms with Crippen LogP contribution in [0.5, 0.6) is 0 Å². The van der Waals surface area contributed by atoms with Gasteiger partial charge in [-0.2, -0.15) is 0 Å². The molecule has 1 N–H and O–H groups in total. The molecule has 3 nitrogen and oxygen atoms in total. The second kappa shape index (κ2) is 4.64. The Hall–Kier alpha value is -1.35. The zero-order valence-corrected chi connectivity index (χ0v) is 11.8. The summed E-state index contributed by atoms with van der Waals surface area (Å²) in [7, 11) is 2.12. The van der Waals surface area contributed by atoms with Crippen molar-refractivity contribution in [1.82, 2.24) is 9.88 Å². The van der Waals surface area contributed by atoms with Crippen molar-refractivity contribution < 1.29 is 4.79 Å². The van der Waals surface area contributed by atoms with Crippen molar-refractivity contribution in [2.24, 2.45) is 11.8 Å². The third-order valence-corrected chi connectivity index (χ3v) is 4.79. The molecule has 0 spiro atoms. The minimum absolute atomic E-state index is 0.206. The molecule has 1 aliphatic heterocycles.